The largest absolute Gasteiger partial charge is 0.223 e. The minimum absolute atomic E-state index is 0.253. The lowest BCUT2D eigenvalue weighted by atomic mass is 9.95. The van der Waals surface area contributed by atoms with Crippen LogP contribution in [0.3, 0.4) is 0 Å². The number of nitrogens with zero attached hydrogens (tertiary/aromatic N) is 2. The third-order valence-corrected chi connectivity index (χ3v) is 4.98. The summed E-state index contributed by atoms with van der Waals surface area (Å²) in [7, 11) is 0. The molecule has 0 unspecified atom stereocenters. The van der Waals surface area contributed by atoms with Gasteiger partial charge in [0.05, 0.1) is 11.4 Å². The molecule has 0 saturated heterocycles. The van der Waals surface area contributed by atoms with Crippen molar-refractivity contribution in [3.05, 3.63) is 96.3 Å². The van der Waals surface area contributed by atoms with E-state index in [-0.39, 0.29) is 5.28 Å². The van der Waals surface area contributed by atoms with Gasteiger partial charge in [0.15, 0.2) is 0 Å². The van der Waals surface area contributed by atoms with Gasteiger partial charge in [-0.05, 0) is 45.3 Å². The molecular weight excluding hydrogens is 352 g/mol. The maximum Gasteiger partial charge on any atom is 0.223 e. The quantitative estimate of drug-likeness (QED) is 0.254. The van der Waals surface area contributed by atoms with Crippen LogP contribution >= 0.6 is 11.6 Å². The lowest BCUT2D eigenvalue weighted by molar-refractivity contribution is 1.18. The van der Waals surface area contributed by atoms with Gasteiger partial charge in [-0.2, -0.15) is 0 Å². The van der Waals surface area contributed by atoms with E-state index in [0.717, 1.165) is 27.9 Å². The summed E-state index contributed by atoms with van der Waals surface area (Å²) in [6, 6.07) is 31.1. The number of fused-ring (bicyclic) bond motifs is 3. The Balaban J connectivity index is 1.82. The summed E-state index contributed by atoms with van der Waals surface area (Å²) in [6.07, 6.45) is 0. The van der Waals surface area contributed by atoms with Gasteiger partial charge in [0.1, 0.15) is 0 Å². The number of rotatable bonds is 2. The maximum atomic E-state index is 6.30. The van der Waals surface area contributed by atoms with Gasteiger partial charge in [0, 0.05) is 11.1 Å². The van der Waals surface area contributed by atoms with Gasteiger partial charge in [-0.15, -0.1) is 0 Å². The zero-order valence-electron chi connectivity index (χ0n) is 14.4. The Morgan fingerprint density at radius 1 is 0.556 bits per heavy atom. The van der Waals surface area contributed by atoms with E-state index in [9.17, 15) is 0 Å². The van der Waals surface area contributed by atoms with E-state index < -0.39 is 0 Å². The minimum atomic E-state index is 0.253. The van der Waals surface area contributed by atoms with Crippen LogP contribution < -0.4 is 0 Å². The van der Waals surface area contributed by atoms with Gasteiger partial charge < -0.3 is 0 Å². The van der Waals surface area contributed by atoms with Crippen molar-refractivity contribution in [3.63, 3.8) is 0 Å². The zero-order valence-corrected chi connectivity index (χ0v) is 15.2. The molecule has 4 aromatic carbocycles. The van der Waals surface area contributed by atoms with Crippen LogP contribution in [0.4, 0.5) is 0 Å². The maximum absolute atomic E-state index is 6.30. The van der Waals surface area contributed by atoms with E-state index in [1.165, 1.54) is 16.2 Å². The fourth-order valence-corrected chi connectivity index (χ4v) is 3.76. The molecule has 3 heteroatoms. The molecule has 128 valence electrons. The molecule has 5 rings (SSSR count). The fraction of sp³-hybridized carbons (Fsp3) is 0. The predicted molar refractivity (Wildman–Crippen MR) is 113 cm³/mol. The summed E-state index contributed by atoms with van der Waals surface area (Å²) in [4.78, 5) is 8.97. The van der Waals surface area contributed by atoms with Crippen LogP contribution in [-0.4, -0.2) is 9.97 Å². The van der Waals surface area contributed by atoms with E-state index in [1.807, 2.05) is 36.4 Å². The van der Waals surface area contributed by atoms with Gasteiger partial charge in [0.25, 0.3) is 0 Å². The molecule has 0 spiro atoms. The third-order valence-electron chi connectivity index (χ3n) is 4.81. The molecule has 0 saturated carbocycles. The van der Waals surface area contributed by atoms with Crippen LogP contribution in [0.5, 0.6) is 0 Å². The fourth-order valence-electron chi connectivity index (χ4n) is 3.58. The molecule has 0 aliphatic heterocycles. The first-order chi connectivity index (χ1) is 13.3. The summed E-state index contributed by atoms with van der Waals surface area (Å²) in [5, 5.41) is 5.04. The van der Waals surface area contributed by atoms with Crippen LogP contribution in [0.2, 0.25) is 5.28 Å². The molecule has 0 aliphatic rings. The van der Waals surface area contributed by atoms with Crippen molar-refractivity contribution in [2.45, 2.75) is 0 Å². The Morgan fingerprint density at radius 2 is 1.19 bits per heavy atom. The molecule has 0 bridgehead atoms. The summed E-state index contributed by atoms with van der Waals surface area (Å²) in [5.74, 6) is 0. The topological polar surface area (TPSA) is 25.8 Å². The van der Waals surface area contributed by atoms with Crippen LogP contribution in [0.1, 0.15) is 0 Å². The van der Waals surface area contributed by atoms with Crippen molar-refractivity contribution >= 4 is 33.1 Å². The van der Waals surface area contributed by atoms with Crippen molar-refractivity contribution in [2.24, 2.45) is 0 Å². The Labute approximate surface area is 162 Å². The van der Waals surface area contributed by atoms with Gasteiger partial charge in [-0.25, -0.2) is 9.97 Å². The summed E-state index contributed by atoms with van der Waals surface area (Å²) < 4.78 is 0. The monoisotopic (exact) mass is 366 g/mol. The third kappa shape index (κ3) is 2.84. The Morgan fingerprint density at radius 3 is 2.00 bits per heavy atom. The van der Waals surface area contributed by atoms with Crippen LogP contribution in [-0.2, 0) is 0 Å². The van der Waals surface area contributed by atoms with E-state index >= 15 is 0 Å². The smallest absolute Gasteiger partial charge is 0.218 e. The first-order valence-corrected chi connectivity index (χ1v) is 9.18. The van der Waals surface area contributed by atoms with Crippen molar-refractivity contribution in [3.8, 4) is 22.5 Å². The highest BCUT2D eigenvalue weighted by Gasteiger charge is 2.12. The molecule has 0 fully saturated rings. The number of aromatic nitrogens is 2. The van der Waals surface area contributed by atoms with Gasteiger partial charge in [-0.1, -0.05) is 78.9 Å². The number of benzene rings is 4. The molecule has 0 aliphatic carbocycles. The molecule has 0 atom stereocenters. The average Bonchev–Trinajstić information content (AvgIpc) is 2.73. The predicted octanol–water partition coefficient (Wildman–Crippen LogP) is 6.77. The second-order valence-corrected chi connectivity index (χ2v) is 6.80. The highest BCUT2D eigenvalue weighted by molar-refractivity contribution is 6.28. The molecule has 0 radical (unpaired) electrons. The van der Waals surface area contributed by atoms with Crippen LogP contribution in [0.15, 0.2) is 91.0 Å². The minimum Gasteiger partial charge on any atom is -0.218 e. The van der Waals surface area contributed by atoms with E-state index in [2.05, 4.69) is 64.6 Å². The molecule has 0 amide bonds. The molecular formula is C24H15ClN2. The van der Waals surface area contributed by atoms with Gasteiger partial charge in [-0.3, -0.25) is 0 Å². The van der Waals surface area contributed by atoms with Crippen LogP contribution in [0.25, 0.3) is 44.1 Å². The Bertz CT molecular complexity index is 1280. The normalized spacial score (nSPS) is 11.1. The average molecular weight is 367 g/mol. The SMILES string of the molecule is Clc1nc(-c2ccccc2)cc(-c2cc3ccccc3c3ccccc23)n1. The van der Waals surface area contributed by atoms with E-state index in [4.69, 9.17) is 11.6 Å². The first-order valence-electron chi connectivity index (χ1n) is 8.80. The molecule has 27 heavy (non-hydrogen) atoms. The lowest BCUT2D eigenvalue weighted by Crippen LogP contribution is -1.93. The highest BCUT2D eigenvalue weighted by Crippen LogP contribution is 2.35. The van der Waals surface area contributed by atoms with Crippen molar-refractivity contribution < 1.29 is 0 Å². The van der Waals surface area contributed by atoms with Crippen molar-refractivity contribution in [1.82, 2.24) is 9.97 Å². The first kappa shape index (κ1) is 16.0. The second kappa shape index (κ2) is 6.49. The Hall–Kier alpha value is -3.23. The van der Waals surface area contributed by atoms with Crippen LogP contribution in [0, 0.1) is 0 Å². The second-order valence-electron chi connectivity index (χ2n) is 6.46. The van der Waals surface area contributed by atoms with Crippen molar-refractivity contribution in [1.29, 1.82) is 0 Å². The molecule has 5 aromatic rings. The lowest BCUT2D eigenvalue weighted by Gasteiger charge is -2.11. The van der Waals surface area contributed by atoms with Gasteiger partial charge >= 0.3 is 0 Å². The van der Waals surface area contributed by atoms with Gasteiger partial charge in [0.2, 0.25) is 5.28 Å². The van der Waals surface area contributed by atoms with E-state index in [1.54, 1.807) is 0 Å². The highest BCUT2D eigenvalue weighted by atomic mass is 35.5. The summed E-state index contributed by atoms with van der Waals surface area (Å²) >= 11 is 6.30. The summed E-state index contributed by atoms with van der Waals surface area (Å²) in [5.41, 5.74) is 3.73. The molecule has 1 aromatic heterocycles. The Kier molecular flexibility index (Phi) is 3.84. The van der Waals surface area contributed by atoms with Crippen molar-refractivity contribution in [2.75, 3.05) is 0 Å². The van der Waals surface area contributed by atoms with E-state index in [0.29, 0.717) is 0 Å². The number of halogens is 1. The standard InChI is InChI=1S/C24H15ClN2/c25-24-26-22(16-8-2-1-3-9-16)15-23(27-24)21-14-17-10-4-5-11-18(17)19-12-6-7-13-20(19)21/h1-15H. The molecule has 0 N–H and O–H groups in total. The zero-order chi connectivity index (χ0) is 18.2. The summed E-state index contributed by atoms with van der Waals surface area (Å²) in [6.45, 7) is 0. The number of hydrogen-bond acceptors (Lipinski definition) is 2. The molecule has 1 heterocycles. The molecule has 2 nitrogen and oxygen atoms in total. The number of hydrogen-bond donors (Lipinski definition) is 0.